The fraction of sp³-hybridized carbons (Fsp3) is 0.444. The molecule has 1 aromatic rings. The van der Waals surface area contributed by atoms with Crippen LogP contribution in [0, 0.1) is 10.1 Å². The molecule has 0 aromatic heterocycles. The van der Waals surface area contributed by atoms with Crippen molar-refractivity contribution in [1.29, 1.82) is 0 Å². The Morgan fingerprint density at radius 1 is 0.966 bits per heavy atom. The van der Waals surface area contributed by atoms with E-state index in [4.69, 9.17) is 4.74 Å². The zero-order valence-corrected chi connectivity index (χ0v) is 16.2. The van der Waals surface area contributed by atoms with Crippen LogP contribution < -0.4 is 5.32 Å². The molecule has 1 rings (SSSR count). The van der Waals surface area contributed by atoms with Gasteiger partial charge in [-0.2, -0.15) is 0 Å². The number of ether oxygens (including phenoxy) is 3. The molecule has 1 N–H and O–H groups in total. The first kappa shape index (κ1) is 23.5. The summed E-state index contributed by atoms with van der Waals surface area (Å²) >= 11 is 0. The van der Waals surface area contributed by atoms with Crippen LogP contribution in [0.1, 0.15) is 30.7 Å². The Labute approximate surface area is 166 Å². The Bertz CT molecular complexity index is 761. The molecule has 0 aliphatic rings. The third-order valence-corrected chi connectivity index (χ3v) is 4.10. The third-order valence-electron chi connectivity index (χ3n) is 4.10. The molecular formula is C18H22N2O9. The van der Waals surface area contributed by atoms with Crippen molar-refractivity contribution in [3.05, 3.63) is 39.9 Å². The van der Waals surface area contributed by atoms with Gasteiger partial charge in [-0.05, 0) is 5.56 Å². The largest absolute Gasteiger partial charge is 0.469 e. The number of esters is 3. The van der Waals surface area contributed by atoms with Crippen LogP contribution >= 0.6 is 0 Å². The molecule has 11 nitrogen and oxygen atoms in total. The smallest absolute Gasteiger partial charge is 0.329 e. The summed E-state index contributed by atoms with van der Waals surface area (Å²) in [6.45, 7) is 0. The van der Waals surface area contributed by atoms with Gasteiger partial charge in [0.15, 0.2) is 0 Å². The fourth-order valence-electron chi connectivity index (χ4n) is 2.55. The summed E-state index contributed by atoms with van der Waals surface area (Å²) in [5, 5.41) is 13.3. The Balaban J connectivity index is 3.17. The van der Waals surface area contributed by atoms with Crippen LogP contribution in [0.4, 0.5) is 5.69 Å². The number of nitrogens with one attached hydrogen (secondary N) is 1. The number of rotatable bonds is 10. The molecule has 0 heterocycles. The normalized spacial score (nSPS) is 12.2. The minimum absolute atomic E-state index is 0.178. The molecule has 2 atom stereocenters. The Morgan fingerprint density at radius 2 is 1.55 bits per heavy atom. The van der Waals surface area contributed by atoms with Gasteiger partial charge in [0.05, 0.1) is 39.1 Å². The average Bonchev–Trinajstić information content (AvgIpc) is 2.73. The number of hydrogen-bond donors (Lipinski definition) is 1. The summed E-state index contributed by atoms with van der Waals surface area (Å²) in [6, 6.07) is 3.90. The summed E-state index contributed by atoms with van der Waals surface area (Å²) in [5.41, 5.74) is 0.201. The molecule has 0 spiro atoms. The molecule has 29 heavy (non-hydrogen) atoms. The van der Waals surface area contributed by atoms with Crippen molar-refractivity contribution in [3.8, 4) is 0 Å². The first-order valence-corrected chi connectivity index (χ1v) is 8.48. The molecule has 0 aliphatic carbocycles. The van der Waals surface area contributed by atoms with Gasteiger partial charge in [0.25, 0.3) is 5.69 Å². The van der Waals surface area contributed by atoms with Crippen LogP contribution in [0.2, 0.25) is 0 Å². The molecule has 0 saturated heterocycles. The number of amides is 1. The van der Waals surface area contributed by atoms with Crippen LogP contribution in [0.25, 0.3) is 0 Å². The van der Waals surface area contributed by atoms with E-state index < -0.39 is 40.7 Å². The van der Waals surface area contributed by atoms with Crippen LogP contribution in [-0.4, -0.2) is 56.1 Å². The third kappa shape index (κ3) is 7.20. The van der Waals surface area contributed by atoms with E-state index in [1.54, 1.807) is 0 Å². The lowest BCUT2D eigenvalue weighted by Crippen LogP contribution is -2.46. The summed E-state index contributed by atoms with van der Waals surface area (Å²) in [5.74, 6) is -3.65. The molecule has 0 fully saturated rings. The monoisotopic (exact) mass is 410 g/mol. The maximum absolute atomic E-state index is 12.3. The van der Waals surface area contributed by atoms with Crippen LogP contribution in [-0.2, 0) is 33.4 Å². The SMILES string of the molecule is COC(=O)CCC(=O)N[C@H](C(=O)OC)[C@@H](CC(=O)OC)c1ccc([N+](=O)[O-])cc1. The summed E-state index contributed by atoms with van der Waals surface area (Å²) in [7, 11) is 3.46. The van der Waals surface area contributed by atoms with Crippen molar-refractivity contribution >= 4 is 29.5 Å². The second-order valence-electron chi connectivity index (χ2n) is 5.88. The fourth-order valence-corrected chi connectivity index (χ4v) is 2.55. The summed E-state index contributed by atoms with van der Waals surface area (Å²) in [4.78, 5) is 57.8. The second kappa shape index (κ2) is 11.4. The van der Waals surface area contributed by atoms with Gasteiger partial charge in [-0.3, -0.25) is 24.5 Å². The number of nitro groups is 1. The highest BCUT2D eigenvalue weighted by Crippen LogP contribution is 2.27. The topological polar surface area (TPSA) is 151 Å². The highest BCUT2D eigenvalue weighted by Gasteiger charge is 2.34. The number of methoxy groups -OCH3 is 3. The van der Waals surface area contributed by atoms with E-state index in [0.717, 1.165) is 14.2 Å². The second-order valence-corrected chi connectivity index (χ2v) is 5.88. The van der Waals surface area contributed by atoms with E-state index >= 15 is 0 Å². The van der Waals surface area contributed by atoms with Gasteiger partial charge in [-0.25, -0.2) is 4.79 Å². The van der Waals surface area contributed by atoms with E-state index in [2.05, 4.69) is 14.8 Å². The lowest BCUT2D eigenvalue weighted by molar-refractivity contribution is -0.384. The lowest BCUT2D eigenvalue weighted by Gasteiger charge is -2.25. The zero-order chi connectivity index (χ0) is 22.0. The molecule has 0 bridgehead atoms. The van der Waals surface area contributed by atoms with Crippen LogP contribution in [0.5, 0.6) is 0 Å². The molecule has 1 amide bonds. The van der Waals surface area contributed by atoms with Gasteiger partial charge in [-0.1, -0.05) is 12.1 Å². The maximum atomic E-state index is 12.3. The van der Waals surface area contributed by atoms with Gasteiger partial charge in [0.2, 0.25) is 5.91 Å². The van der Waals surface area contributed by atoms with E-state index in [1.165, 1.54) is 31.4 Å². The van der Waals surface area contributed by atoms with Gasteiger partial charge in [0, 0.05) is 24.5 Å². The number of benzene rings is 1. The molecule has 158 valence electrons. The first-order valence-electron chi connectivity index (χ1n) is 8.48. The molecule has 0 radical (unpaired) electrons. The van der Waals surface area contributed by atoms with E-state index in [1.807, 2.05) is 0 Å². The number of nitrogens with zero attached hydrogens (tertiary/aromatic N) is 1. The lowest BCUT2D eigenvalue weighted by atomic mass is 9.88. The van der Waals surface area contributed by atoms with Gasteiger partial charge >= 0.3 is 17.9 Å². The van der Waals surface area contributed by atoms with E-state index in [9.17, 15) is 29.3 Å². The predicted octanol–water partition coefficient (Wildman–Crippen LogP) is 0.853. The maximum Gasteiger partial charge on any atom is 0.329 e. The Morgan fingerprint density at radius 3 is 2.03 bits per heavy atom. The molecule has 11 heteroatoms. The van der Waals surface area contributed by atoms with Crippen molar-refractivity contribution < 1.29 is 38.3 Å². The molecule has 0 aliphatic heterocycles. The highest BCUT2D eigenvalue weighted by atomic mass is 16.6. The minimum atomic E-state index is -1.29. The average molecular weight is 410 g/mol. The number of carbonyl (C=O) groups excluding carboxylic acids is 4. The number of nitro benzene ring substituents is 1. The van der Waals surface area contributed by atoms with E-state index in [0.29, 0.717) is 5.56 Å². The van der Waals surface area contributed by atoms with Crippen molar-refractivity contribution in [1.82, 2.24) is 5.32 Å². The number of non-ortho nitro benzene ring substituents is 1. The minimum Gasteiger partial charge on any atom is -0.469 e. The summed E-state index contributed by atoms with van der Waals surface area (Å²) in [6.07, 6.45) is -0.744. The zero-order valence-electron chi connectivity index (χ0n) is 16.2. The van der Waals surface area contributed by atoms with Gasteiger partial charge in [0.1, 0.15) is 6.04 Å². The van der Waals surface area contributed by atoms with Crippen molar-refractivity contribution in [3.63, 3.8) is 0 Å². The first-order chi connectivity index (χ1) is 13.7. The predicted molar refractivity (Wildman–Crippen MR) is 97.7 cm³/mol. The Hall–Kier alpha value is -3.50. The van der Waals surface area contributed by atoms with Gasteiger partial charge < -0.3 is 19.5 Å². The molecule has 0 unspecified atom stereocenters. The van der Waals surface area contributed by atoms with Crippen LogP contribution in [0.15, 0.2) is 24.3 Å². The van der Waals surface area contributed by atoms with Crippen LogP contribution in [0.3, 0.4) is 0 Å². The molecule has 1 aromatic carbocycles. The molecular weight excluding hydrogens is 388 g/mol. The van der Waals surface area contributed by atoms with Crippen molar-refractivity contribution in [2.24, 2.45) is 0 Å². The summed E-state index contributed by atoms with van der Waals surface area (Å²) < 4.78 is 13.8. The highest BCUT2D eigenvalue weighted by molar-refractivity contribution is 5.87. The van der Waals surface area contributed by atoms with E-state index in [-0.39, 0.29) is 24.9 Å². The number of carbonyl (C=O) groups is 4. The quantitative estimate of drug-likeness (QED) is 0.256. The van der Waals surface area contributed by atoms with Gasteiger partial charge in [-0.15, -0.1) is 0 Å². The standard InChI is InChI=1S/C18H22N2O9/c1-27-15(22)9-8-14(21)19-17(18(24)29-3)13(10-16(23)28-2)11-4-6-12(7-5-11)20(25)26/h4-7,13,17H,8-10H2,1-3H3,(H,19,21)/t13-,17-/m0/s1. The van der Waals surface area contributed by atoms with Crippen molar-refractivity contribution in [2.75, 3.05) is 21.3 Å². The number of hydrogen-bond acceptors (Lipinski definition) is 9. The van der Waals surface area contributed by atoms with Crippen molar-refractivity contribution in [2.45, 2.75) is 31.2 Å². The Kier molecular flexibility index (Phi) is 9.23. The molecule has 0 saturated carbocycles.